The number of hydrogen-bond acceptors (Lipinski definition) is 5. The Bertz CT molecular complexity index is 381. The van der Waals surface area contributed by atoms with E-state index < -0.39 is 37.4 Å². The molecule has 0 aliphatic carbocycles. The van der Waals surface area contributed by atoms with Crippen LogP contribution < -0.4 is 10.5 Å². The van der Waals surface area contributed by atoms with Gasteiger partial charge in [0.1, 0.15) is 11.6 Å². The topological polar surface area (TPSA) is 123 Å². The van der Waals surface area contributed by atoms with Crippen molar-refractivity contribution in [3.8, 4) is 0 Å². The van der Waals surface area contributed by atoms with E-state index >= 15 is 0 Å². The van der Waals surface area contributed by atoms with E-state index in [1.807, 2.05) is 5.32 Å². The smallest absolute Gasteiger partial charge is 0.236 e. The first-order valence-corrected chi connectivity index (χ1v) is 6.83. The van der Waals surface area contributed by atoms with Crippen molar-refractivity contribution in [1.29, 1.82) is 0 Å². The van der Waals surface area contributed by atoms with Crippen LogP contribution in [0.5, 0.6) is 0 Å². The van der Waals surface area contributed by atoms with Crippen molar-refractivity contribution in [1.82, 2.24) is 5.32 Å². The highest BCUT2D eigenvalue weighted by atomic mass is 32.2. The number of hydrogen-bond donors (Lipinski definition) is 2. The van der Waals surface area contributed by atoms with Gasteiger partial charge in [0.2, 0.25) is 15.9 Å². The summed E-state index contributed by atoms with van der Waals surface area (Å²) < 4.78 is 41.7. The van der Waals surface area contributed by atoms with Crippen molar-refractivity contribution in [2.45, 2.75) is 0 Å². The number of nitrogens with two attached hydrogens (primary N) is 1. The van der Waals surface area contributed by atoms with Gasteiger partial charge in [-0.2, -0.15) is 0 Å². The fraction of sp³-hybridized carbons (Fsp3) is 0.750. The quantitative estimate of drug-likeness (QED) is 0.547. The summed E-state index contributed by atoms with van der Waals surface area (Å²) in [7, 11) is -7.24. The van der Waals surface area contributed by atoms with Gasteiger partial charge in [-0.1, -0.05) is 0 Å². The van der Waals surface area contributed by atoms with Gasteiger partial charge >= 0.3 is 0 Å². The summed E-state index contributed by atoms with van der Waals surface area (Å²) >= 11 is 0. The van der Waals surface area contributed by atoms with Crippen molar-refractivity contribution in [3.63, 3.8) is 0 Å². The molecule has 0 aromatic carbocycles. The van der Waals surface area contributed by atoms with E-state index in [9.17, 15) is 21.6 Å². The molecular weight excluding hydrogens is 220 g/mol. The second-order valence-corrected chi connectivity index (χ2v) is 6.23. The molecule has 0 aromatic rings. The van der Waals surface area contributed by atoms with Crippen LogP contribution in [0.4, 0.5) is 0 Å². The van der Waals surface area contributed by atoms with E-state index in [1.165, 1.54) is 0 Å². The van der Waals surface area contributed by atoms with Crippen LogP contribution >= 0.6 is 0 Å². The lowest BCUT2D eigenvalue weighted by molar-refractivity contribution is -0.118. The summed E-state index contributed by atoms with van der Waals surface area (Å²) in [5, 5.41) is 6.40. The molecule has 9 heteroatoms. The van der Waals surface area contributed by atoms with Gasteiger partial charge in [-0.15, -0.1) is 0 Å². The molecule has 0 aromatic heterocycles. The zero-order valence-corrected chi connectivity index (χ0v) is 8.48. The Kier molecular flexibility index (Phi) is 3.82. The summed E-state index contributed by atoms with van der Waals surface area (Å²) in [6.45, 7) is 0. The Balaban J connectivity index is 4.07. The van der Waals surface area contributed by atoms with E-state index in [0.717, 1.165) is 6.26 Å². The maximum absolute atomic E-state index is 10.7. The SMILES string of the molecule is CS(=O)(=O)CC(=O)NCS(N)(=O)=O. The molecule has 0 saturated carbocycles. The van der Waals surface area contributed by atoms with E-state index in [-0.39, 0.29) is 0 Å². The molecule has 0 atom stereocenters. The molecule has 0 heterocycles. The first-order valence-electron chi connectivity index (χ1n) is 3.05. The van der Waals surface area contributed by atoms with Crippen LogP contribution in [-0.4, -0.2) is 40.6 Å². The van der Waals surface area contributed by atoms with Crippen LogP contribution in [-0.2, 0) is 24.7 Å². The molecule has 13 heavy (non-hydrogen) atoms. The molecule has 0 rings (SSSR count). The van der Waals surface area contributed by atoms with Crippen LogP contribution in [0.1, 0.15) is 0 Å². The Morgan fingerprint density at radius 3 is 2.08 bits per heavy atom. The highest BCUT2D eigenvalue weighted by Crippen LogP contribution is 1.82. The number of amides is 1. The maximum atomic E-state index is 10.7. The highest BCUT2D eigenvalue weighted by molar-refractivity contribution is 7.91. The fourth-order valence-electron chi connectivity index (χ4n) is 0.470. The molecule has 0 aliphatic rings. The lowest BCUT2D eigenvalue weighted by Gasteiger charge is -2.01. The maximum Gasteiger partial charge on any atom is 0.236 e. The average Bonchev–Trinajstić information content (AvgIpc) is 1.78. The summed E-state index contributed by atoms with van der Waals surface area (Å²) in [5.41, 5.74) is 0. The van der Waals surface area contributed by atoms with Gasteiger partial charge in [-0.3, -0.25) is 4.79 Å². The summed E-state index contributed by atoms with van der Waals surface area (Å²) in [4.78, 5) is 10.7. The zero-order valence-electron chi connectivity index (χ0n) is 6.85. The van der Waals surface area contributed by atoms with Crippen molar-refractivity contribution >= 4 is 25.8 Å². The van der Waals surface area contributed by atoms with Crippen molar-refractivity contribution < 1.29 is 21.6 Å². The molecule has 0 spiro atoms. The standard InChI is InChI=1S/C4H10N2O5S2/c1-12(8,9)2-4(7)6-3-13(5,10)11/h2-3H2,1H3,(H,6,7)(H2,5,10,11). The largest absolute Gasteiger partial charge is 0.340 e. The molecule has 0 unspecified atom stereocenters. The number of rotatable bonds is 4. The second-order valence-electron chi connectivity index (χ2n) is 2.48. The van der Waals surface area contributed by atoms with Gasteiger partial charge in [0.25, 0.3) is 0 Å². The van der Waals surface area contributed by atoms with E-state index in [2.05, 4.69) is 5.14 Å². The first kappa shape index (κ1) is 12.3. The molecule has 0 saturated heterocycles. The van der Waals surface area contributed by atoms with E-state index in [1.54, 1.807) is 0 Å². The number of sulfonamides is 1. The lowest BCUT2D eigenvalue weighted by Crippen LogP contribution is -2.36. The summed E-state index contributed by atoms with van der Waals surface area (Å²) in [6, 6.07) is 0. The van der Waals surface area contributed by atoms with E-state index in [4.69, 9.17) is 0 Å². The average molecular weight is 230 g/mol. The highest BCUT2D eigenvalue weighted by Gasteiger charge is 2.12. The second kappa shape index (κ2) is 4.03. The molecule has 78 valence electrons. The monoisotopic (exact) mass is 230 g/mol. The third-order valence-corrected chi connectivity index (χ3v) is 2.20. The minimum absolute atomic E-state index is 0.748. The van der Waals surface area contributed by atoms with Gasteiger partial charge in [0.05, 0.1) is 0 Å². The number of nitrogens with one attached hydrogen (secondary N) is 1. The molecule has 0 fully saturated rings. The predicted octanol–water partition coefficient (Wildman–Crippen LogP) is -2.61. The van der Waals surface area contributed by atoms with Crippen molar-refractivity contribution in [2.75, 3.05) is 17.9 Å². The van der Waals surface area contributed by atoms with Gasteiger partial charge < -0.3 is 5.32 Å². The van der Waals surface area contributed by atoms with E-state index in [0.29, 0.717) is 0 Å². The number of primary sulfonamides is 1. The van der Waals surface area contributed by atoms with Gasteiger partial charge in [0, 0.05) is 6.26 Å². The molecule has 0 radical (unpaired) electrons. The number of sulfone groups is 1. The molecular formula is C4H10N2O5S2. The summed E-state index contributed by atoms with van der Waals surface area (Å²) in [5.74, 6) is -2.40. The molecule has 1 amide bonds. The van der Waals surface area contributed by atoms with Crippen LogP contribution in [0.3, 0.4) is 0 Å². The minimum atomic E-state index is -3.80. The van der Waals surface area contributed by atoms with Crippen LogP contribution in [0.15, 0.2) is 0 Å². The van der Waals surface area contributed by atoms with Crippen molar-refractivity contribution in [2.24, 2.45) is 5.14 Å². The van der Waals surface area contributed by atoms with Crippen LogP contribution in [0, 0.1) is 0 Å². The zero-order chi connectivity index (χ0) is 10.7. The lowest BCUT2D eigenvalue weighted by atomic mass is 10.7. The Hall–Kier alpha value is -0.670. The molecule has 7 nitrogen and oxygen atoms in total. The normalized spacial score (nSPS) is 12.5. The van der Waals surface area contributed by atoms with Gasteiger partial charge in [-0.05, 0) is 0 Å². The first-order chi connectivity index (χ1) is 5.60. The Labute approximate surface area is 76.3 Å². The summed E-state index contributed by atoms with van der Waals surface area (Å²) in [6.07, 6.45) is 0.865. The van der Waals surface area contributed by atoms with Crippen LogP contribution in [0.2, 0.25) is 0 Å². The Morgan fingerprint density at radius 2 is 1.77 bits per heavy atom. The number of carbonyl (C=O) groups is 1. The fourth-order valence-corrected chi connectivity index (χ4v) is 1.41. The van der Waals surface area contributed by atoms with Crippen LogP contribution in [0.25, 0.3) is 0 Å². The molecule has 3 N–H and O–H groups in total. The molecule has 0 aliphatic heterocycles. The third kappa shape index (κ3) is 9.24. The van der Waals surface area contributed by atoms with Gasteiger partial charge in [0.15, 0.2) is 9.84 Å². The third-order valence-electron chi connectivity index (χ3n) is 0.864. The minimum Gasteiger partial charge on any atom is -0.340 e. The predicted molar refractivity (Wildman–Crippen MR) is 45.8 cm³/mol. The van der Waals surface area contributed by atoms with Gasteiger partial charge in [-0.25, -0.2) is 22.0 Å². The Morgan fingerprint density at radius 1 is 1.31 bits per heavy atom. The van der Waals surface area contributed by atoms with Crippen molar-refractivity contribution in [3.05, 3.63) is 0 Å². The molecule has 0 bridgehead atoms. The number of carbonyl (C=O) groups excluding carboxylic acids is 1.